The number of aromatic nitrogens is 2. The van der Waals surface area contributed by atoms with Crippen molar-refractivity contribution in [3.05, 3.63) is 55.6 Å². The maximum atomic E-state index is 13.6. The molecule has 1 fully saturated rings. The summed E-state index contributed by atoms with van der Waals surface area (Å²) in [6.45, 7) is 8.61. The van der Waals surface area contributed by atoms with Crippen LogP contribution in [-0.2, 0) is 19.4 Å². The predicted molar refractivity (Wildman–Crippen MR) is 130 cm³/mol. The van der Waals surface area contributed by atoms with Gasteiger partial charge in [0.15, 0.2) is 0 Å². The van der Waals surface area contributed by atoms with E-state index in [0.29, 0.717) is 0 Å². The summed E-state index contributed by atoms with van der Waals surface area (Å²) in [5.41, 5.74) is 2.59. The van der Waals surface area contributed by atoms with Crippen LogP contribution in [0, 0.1) is 0 Å². The first-order valence-corrected chi connectivity index (χ1v) is 12.5. The highest BCUT2D eigenvalue weighted by atomic mass is 35.5. The predicted octanol–water partition coefficient (Wildman–Crippen LogP) is 4.89. The highest BCUT2D eigenvalue weighted by molar-refractivity contribution is 7.18. The van der Waals surface area contributed by atoms with Crippen LogP contribution in [0.3, 0.4) is 0 Å². The Kier molecular flexibility index (Phi) is 5.80. The summed E-state index contributed by atoms with van der Waals surface area (Å²) in [7, 11) is 0. The standard InChI is InChI=1S/C24H29ClN4OS/c1-16(2)29-23(30)21-18-8-4-6-10-20(18)31-22(21)26-24(29)28-13-11-27(12-14-28)15-17-7-3-5-9-19(17)25/h3,5,7,9,16H,4,6,8,10-15H2,1-2H3. The molecule has 2 aliphatic rings. The third kappa shape index (κ3) is 3.90. The van der Waals surface area contributed by atoms with Crippen LogP contribution in [0.1, 0.15) is 48.7 Å². The van der Waals surface area contributed by atoms with Crippen LogP contribution < -0.4 is 10.5 Å². The van der Waals surface area contributed by atoms with Crippen LogP contribution in [0.15, 0.2) is 29.1 Å². The van der Waals surface area contributed by atoms with Crippen LogP contribution in [0.25, 0.3) is 10.2 Å². The van der Waals surface area contributed by atoms with Crippen molar-refractivity contribution in [3.8, 4) is 0 Å². The van der Waals surface area contributed by atoms with E-state index < -0.39 is 0 Å². The van der Waals surface area contributed by atoms with Crippen LogP contribution >= 0.6 is 22.9 Å². The van der Waals surface area contributed by atoms with Crippen molar-refractivity contribution < 1.29 is 0 Å². The van der Waals surface area contributed by atoms with Gasteiger partial charge in [-0.25, -0.2) is 4.98 Å². The number of benzene rings is 1. The van der Waals surface area contributed by atoms with Gasteiger partial charge in [-0.1, -0.05) is 29.8 Å². The molecule has 0 spiro atoms. The molecule has 1 aliphatic heterocycles. The largest absolute Gasteiger partial charge is 0.340 e. The molecule has 1 aliphatic carbocycles. The van der Waals surface area contributed by atoms with Gasteiger partial charge in [-0.3, -0.25) is 14.3 Å². The van der Waals surface area contributed by atoms with Crippen molar-refractivity contribution in [3.63, 3.8) is 0 Å². The Balaban J connectivity index is 1.43. The van der Waals surface area contributed by atoms with Gasteiger partial charge < -0.3 is 4.90 Å². The van der Waals surface area contributed by atoms with Crippen LogP contribution in [0.2, 0.25) is 5.02 Å². The summed E-state index contributed by atoms with van der Waals surface area (Å²) in [6, 6.07) is 8.14. The number of hydrogen-bond acceptors (Lipinski definition) is 5. The van der Waals surface area contributed by atoms with Crippen molar-refractivity contribution >= 4 is 39.1 Å². The smallest absolute Gasteiger partial charge is 0.264 e. The van der Waals surface area contributed by atoms with E-state index in [2.05, 4.69) is 29.7 Å². The number of piperazine rings is 1. The Morgan fingerprint density at radius 1 is 1.10 bits per heavy atom. The van der Waals surface area contributed by atoms with Crippen LogP contribution in [0.4, 0.5) is 5.95 Å². The first-order chi connectivity index (χ1) is 15.0. The van der Waals surface area contributed by atoms with E-state index >= 15 is 0 Å². The molecular weight excluding hydrogens is 428 g/mol. The van der Waals surface area contributed by atoms with Gasteiger partial charge in [0.25, 0.3) is 5.56 Å². The third-order valence-corrected chi connectivity index (χ3v) is 8.08. The van der Waals surface area contributed by atoms with Gasteiger partial charge in [0.1, 0.15) is 4.83 Å². The average Bonchev–Trinajstić information content (AvgIpc) is 3.14. The lowest BCUT2D eigenvalue weighted by Crippen LogP contribution is -2.48. The fourth-order valence-corrected chi connectivity index (χ4v) is 6.31. The highest BCUT2D eigenvalue weighted by Crippen LogP contribution is 2.35. The summed E-state index contributed by atoms with van der Waals surface area (Å²) in [6.07, 6.45) is 4.51. The maximum absolute atomic E-state index is 13.6. The fourth-order valence-electron chi connectivity index (χ4n) is 4.87. The molecule has 3 aromatic rings. The molecule has 0 radical (unpaired) electrons. The van der Waals surface area contributed by atoms with Crippen molar-refractivity contribution in [2.75, 3.05) is 31.1 Å². The van der Waals surface area contributed by atoms with Crippen molar-refractivity contribution in [2.24, 2.45) is 0 Å². The van der Waals surface area contributed by atoms with Crippen molar-refractivity contribution in [1.82, 2.24) is 14.5 Å². The molecule has 31 heavy (non-hydrogen) atoms. The van der Waals surface area contributed by atoms with Crippen molar-refractivity contribution in [1.29, 1.82) is 0 Å². The quantitative estimate of drug-likeness (QED) is 0.560. The maximum Gasteiger partial charge on any atom is 0.264 e. The van der Waals surface area contributed by atoms with E-state index in [0.717, 1.165) is 66.8 Å². The number of halogens is 1. The van der Waals surface area contributed by atoms with Gasteiger partial charge in [0, 0.05) is 48.7 Å². The molecule has 3 heterocycles. The molecule has 7 heteroatoms. The Hall–Kier alpha value is -1.89. The van der Waals surface area contributed by atoms with Gasteiger partial charge in [-0.2, -0.15) is 0 Å². The van der Waals surface area contributed by atoms with E-state index in [9.17, 15) is 4.79 Å². The Morgan fingerprint density at radius 3 is 2.58 bits per heavy atom. The molecule has 0 unspecified atom stereocenters. The minimum Gasteiger partial charge on any atom is -0.340 e. The Bertz CT molecular complexity index is 1160. The molecule has 5 rings (SSSR count). The normalized spacial score (nSPS) is 17.5. The molecule has 164 valence electrons. The Labute approximate surface area is 192 Å². The zero-order valence-corrected chi connectivity index (χ0v) is 19.8. The zero-order chi connectivity index (χ0) is 21.5. The number of rotatable bonds is 4. The number of nitrogens with zero attached hydrogens (tertiary/aromatic N) is 4. The second-order valence-corrected chi connectivity index (χ2v) is 10.4. The topological polar surface area (TPSA) is 41.4 Å². The lowest BCUT2D eigenvalue weighted by molar-refractivity contribution is 0.247. The van der Waals surface area contributed by atoms with E-state index in [-0.39, 0.29) is 11.6 Å². The zero-order valence-electron chi connectivity index (χ0n) is 18.2. The summed E-state index contributed by atoms with van der Waals surface area (Å²) in [5, 5.41) is 1.71. The molecule has 1 saturated heterocycles. The second-order valence-electron chi connectivity index (χ2n) is 8.93. The lowest BCUT2D eigenvalue weighted by Gasteiger charge is -2.36. The molecule has 1 aromatic carbocycles. The minimum absolute atomic E-state index is 0.0831. The fraction of sp³-hybridized carbons (Fsp3) is 0.500. The SMILES string of the molecule is CC(C)n1c(N2CCN(Cc3ccccc3Cl)CC2)nc2sc3c(c2c1=O)CCCC3. The molecule has 0 atom stereocenters. The lowest BCUT2D eigenvalue weighted by atomic mass is 9.97. The average molecular weight is 457 g/mol. The molecule has 5 nitrogen and oxygen atoms in total. The number of thiophene rings is 1. The number of hydrogen-bond donors (Lipinski definition) is 0. The van der Waals surface area contributed by atoms with Gasteiger partial charge in [0.05, 0.1) is 5.39 Å². The highest BCUT2D eigenvalue weighted by Gasteiger charge is 2.27. The van der Waals surface area contributed by atoms with Gasteiger partial charge in [-0.15, -0.1) is 11.3 Å². The second kappa shape index (κ2) is 8.57. The third-order valence-electron chi connectivity index (χ3n) is 6.53. The summed E-state index contributed by atoms with van der Waals surface area (Å²) < 4.78 is 1.92. The van der Waals surface area contributed by atoms with E-state index in [4.69, 9.17) is 16.6 Å². The van der Waals surface area contributed by atoms with E-state index in [1.54, 1.807) is 11.3 Å². The number of aryl methyl sites for hydroxylation is 2. The van der Waals surface area contributed by atoms with Crippen LogP contribution in [0.5, 0.6) is 0 Å². The number of anilines is 1. The molecule has 0 N–H and O–H groups in total. The van der Waals surface area contributed by atoms with E-state index in [1.807, 2.05) is 22.8 Å². The number of fused-ring (bicyclic) bond motifs is 3. The van der Waals surface area contributed by atoms with Crippen LogP contribution in [-0.4, -0.2) is 40.6 Å². The molecule has 0 saturated carbocycles. The molecular formula is C24H29ClN4OS. The van der Waals surface area contributed by atoms with Gasteiger partial charge in [-0.05, 0) is 56.7 Å². The minimum atomic E-state index is 0.0831. The molecule has 0 amide bonds. The Morgan fingerprint density at radius 2 is 1.84 bits per heavy atom. The molecule has 2 aromatic heterocycles. The van der Waals surface area contributed by atoms with Gasteiger partial charge in [0.2, 0.25) is 5.95 Å². The first-order valence-electron chi connectivity index (χ1n) is 11.3. The van der Waals surface area contributed by atoms with Gasteiger partial charge >= 0.3 is 0 Å². The summed E-state index contributed by atoms with van der Waals surface area (Å²) >= 11 is 8.10. The van der Waals surface area contributed by atoms with Crippen molar-refractivity contribution in [2.45, 2.75) is 52.1 Å². The van der Waals surface area contributed by atoms with E-state index in [1.165, 1.54) is 28.8 Å². The first kappa shape index (κ1) is 21.0. The summed E-state index contributed by atoms with van der Waals surface area (Å²) in [4.78, 5) is 25.7. The summed E-state index contributed by atoms with van der Waals surface area (Å²) in [5.74, 6) is 0.837. The molecule has 0 bridgehead atoms. The monoisotopic (exact) mass is 456 g/mol.